The lowest BCUT2D eigenvalue weighted by Gasteiger charge is -2.33. The van der Waals surface area contributed by atoms with Crippen LogP contribution in [-0.4, -0.2) is 64.8 Å². The average Bonchev–Trinajstić information content (AvgIpc) is 2.58. The van der Waals surface area contributed by atoms with Gasteiger partial charge in [0, 0.05) is 45.8 Å². The Hall–Kier alpha value is -1.64. The number of nitrogens with zero attached hydrogens (tertiary/aromatic N) is 2. The topological polar surface area (TPSA) is 85.8 Å². The van der Waals surface area contributed by atoms with Gasteiger partial charge in [-0.05, 0) is 25.3 Å². The number of sulfonamides is 1. The number of hydrogen-bond acceptors (Lipinski definition) is 4. The Morgan fingerprint density at radius 2 is 2.00 bits per heavy atom. The summed E-state index contributed by atoms with van der Waals surface area (Å²) >= 11 is 0. The van der Waals surface area contributed by atoms with Gasteiger partial charge < -0.3 is 10.6 Å². The van der Waals surface area contributed by atoms with Crippen LogP contribution in [0.2, 0.25) is 0 Å². The molecule has 1 aliphatic heterocycles. The molecule has 0 atom stereocenters. The van der Waals surface area contributed by atoms with Crippen LogP contribution < -0.4 is 15.4 Å². The Morgan fingerprint density at radius 1 is 1.27 bits per heavy atom. The van der Waals surface area contributed by atoms with Crippen LogP contribution in [0.5, 0.6) is 0 Å². The molecule has 0 amide bonds. The van der Waals surface area contributed by atoms with Crippen LogP contribution in [0.4, 0.5) is 0 Å². The molecular weight excluding hydrogens is 350 g/mol. The van der Waals surface area contributed by atoms with Gasteiger partial charge in [0.25, 0.3) is 0 Å². The van der Waals surface area contributed by atoms with Gasteiger partial charge >= 0.3 is 0 Å². The standard InChI is InChI=1S/C18H31N5O2S/c1-15-5-4-6-16(13-15)14-23-11-7-17(8-12-23)22-18(19-2)20-9-10-21-26(3,24)25/h4-6,13,17,21H,7-12,14H2,1-3H3,(H2,19,20,22). The maximum Gasteiger partial charge on any atom is 0.208 e. The SMILES string of the molecule is CN=C(NCCNS(C)(=O)=O)NC1CCN(Cc2cccc(C)c2)CC1. The van der Waals surface area contributed by atoms with E-state index >= 15 is 0 Å². The van der Waals surface area contributed by atoms with E-state index in [0.717, 1.165) is 44.7 Å². The van der Waals surface area contributed by atoms with Gasteiger partial charge in [0.05, 0.1) is 6.26 Å². The van der Waals surface area contributed by atoms with Crippen LogP contribution in [-0.2, 0) is 16.6 Å². The van der Waals surface area contributed by atoms with E-state index in [0.29, 0.717) is 19.1 Å². The minimum Gasteiger partial charge on any atom is -0.355 e. The van der Waals surface area contributed by atoms with Crippen molar-refractivity contribution in [2.75, 3.05) is 39.5 Å². The summed E-state index contributed by atoms with van der Waals surface area (Å²) in [5, 5.41) is 6.58. The first-order valence-corrected chi connectivity index (χ1v) is 10.9. The molecule has 7 nitrogen and oxygen atoms in total. The highest BCUT2D eigenvalue weighted by Gasteiger charge is 2.20. The summed E-state index contributed by atoms with van der Waals surface area (Å²) in [6.07, 6.45) is 3.28. The van der Waals surface area contributed by atoms with Crippen LogP contribution in [0.15, 0.2) is 29.3 Å². The Bertz CT molecular complexity index is 697. The van der Waals surface area contributed by atoms with Crippen molar-refractivity contribution < 1.29 is 8.42 Å². The number of benzene rings is 1. The van der Waals surface area contributed by atoms with Gasteiger partial charge in [0.1, 0.15) is 0 Å². The van der Waals surface area contributed by atoms with E-state index in [2.05, 4.69) is 56.4 Å². The fourth-order valence-electron chi connectivity index (χ4n) is 3.11. The zero-order valence-corrected chi connectivity index (χ0v) is 16.8. The molecule has 1 aliphatic rings. The van der Waals surface area contributed by atoms with Gasteiger partial charge in [-0.15, -0.1) is 0 Å². The number of hydrogen-bond donors (Lipinski definition) is 3. The lowest BCUT2D eigenvalue weighted by atomic mass is 10.0. The second kappa shape index (κ2) is 9.89. The molecule has 0 saturated carbocycles. The molecule has 3 N–H and O–H groups in total. The first-order valence-electron chi connectivity index (χ1n) is 9.05. The first-order chi connectivity index (χ1) is 12.4. The summed E-state index contributed by atoms with van der Waals surface area (Å²) in [7, 11) is -1.42. The van der Waals surface area contributed by atoms with E-state index < -0.39 is 10.0 Å². The Kier molecular flexibility index (Phi) is 7.86. The first kappa shape index (κ1) is 20.7. The molecular formula is C18H31N5O2S. The zero-order valence-electron chi connectivity index (χ0n) is 16.0. The summed E-state index contributed by atoms with van der Waals surface area (Å²) in [5.74, 6) is 0.720. The third-order valence-electron chi connectivity index (χ3n) is 4.42. The lowest BCUT2D eigenvalue weighted by Crippen LogP contribution is -2.49. The van der Waals surface area contributed by atoms with Crippen molar-refractivity contribution in [3.05, 3.63) is 35.4 Å². The van der Waals surface area contributed by atoms with Gasteiger partial charge in [-0.3, -0.25) is 9.89 Å². The van der Waals surface area contributed by atoms with Crippen molar-refractivity contribution in [1.82, 2.24) is 20.3 Å². The molecule has 8 heteroatoms. The van der Waals surface area contributed by atoms with Crippen molar-refractivity contribution in [2.45, 2.75) is 32.4 Å². The van der Waals surface area contributed by atoms with Crippen LogP contribution in [0, 0.1) is 6.92 Å². The monoisotopic (exact) mass is 381 g/mol. The summed E-state index contributed by atoms with van der Waals surface area (Å²) in [4.78, 5) is 6.70. The van der Waals surface area contributed by atoms with Crippen molar-refractivity contribution in [2.24, 2.45) is 4.99 Å². The number of piperidine rings is 1. The Morgan fingerprint density at radius 3 is 2.62 bits per heavy atom. The quantitative estimate of drug-likeness (QED) is 0.367. The van der Waals surface area contributed by atoms with Gasteiger partial charge in [-0.2, -0.15) is 0 Å². The van der Waals surface area contributed by atoms with E-state index in [1.54, 1.807) is 7.05 Å². The second-order valence-electron chi connectivity index (χ2n) is 6.85. The fraction of sp³-hybridized carbons (Fsp3) is 0.611. The molecule has 1 fully saturated rings. The summed E-state index contributed by atoms with van der Waals surface area (Å²) in [5.41, 5.74) is 2.67. The Labute approximate surface area is 157 Å². The molecule has 0 bridgehead atoms. The van der Waals surface area contributed by atoms with Crippen molar-refractivity contribution in [3.8, 4) is 0 Å². The molecule has 1 aromatic carbocycles. The van der Waals surface area contributed by atoms with E-state index in [4.69, 9.17) is 0 Å². The van der Waals surface area contributed by atoms with Crippen molar-refractivity contribution in [1.29, 1.82) is 0 Å². The lowest BCUT2D eigenvalue weighted by molar-refractivity contribution is 0.198. The van der Waals surface area contributed by atoms with E-state index in [1.165, 1.54) is 11.1 Å². The molecule has 0 unspecified atom stereocenters. The molecule has 1 aromatic rings. The molecule has 2 rings (SSSR count). The minimum atomic E-state index is -3.15. The molecule has 1 heterocycles. The molecule has 1 saturated heterocycles. The van der Waals surface area contributed by atoms with Crippen LogP contribution in [0.1, 0.15) is 24.0 Å². The van der Waals surface area contributed by atoms with Crippen molar-refractivity contribution in [3.63, 3.8) is 0 Å². The number of rotatable bonds is 7. The molecule has 0 aromatic heterocycles. The Balaban J connectivity index is 1.69. The van der Waals surface area contributed by atoms with Gasteiger partial charge in [-0.1, -0.05) is 29.8 Å². The highest BCUT2D eigenvalue weighted by atomic mass is 32.2. The van der Waals surface area contributed by atoms with E-state index in [1.807, 2.05) is 0 Å². The highest BCUT2D eigenvalue weighted by Crippen LogP contribution is 2.14. The maximum atomic E-state index is 11.1. The molecule has 26 heavy (non-hydrogen) atoms. The normalized spacial score (nSPS) is 17.3. The number of likely N-dealkylation sites (tertiary alicyclic amines) is 1. The fourth-order valence-corrected chi connectivity index (χ4v) is 3.58. The summed E-state index contributed by atoms with van der Waals surface area (Å²) < 4.78 is 24.6. The van der Waals surface area contributed by atoms with Gasteiger partial charge in [0.2, 0.25) is 10.0 Å². The van der Waals surface area contributed by atoms with Gasteiger partial charge in [-0.25, -0.2) is 13.1 Å². The van der Waals surface area contributed by atoms with Crippen LogP contribution in [0.25, 0.3) is 0 Å². The third-order valence-corrected chi connectivity index (χ3v) is 5.15. The van der Waals surface area contributed by atoms with Crippen LogP contribution in [0.3, 0.4) is 0 Å². The number of guanidine groups is 1. The van der Waals surface area contributed by atoms with Gasteiger partial charge in [0.15, 0.2) is 5.96 Å². The molecule has 0 aliphatic carbocycles. The predicted octanol–water partition coefficient (Wildman–Crippen LogP) is 0.674. The number of aliphatic imine (C=N–C) groups is 1. The number of nitrogens with one attached hydrogen (secondary N) is 3. The molecule has 0 radical (unpaired) electrons. The number of aryl methyl sites for hydroxylation is 1. The second-order valence-corrected chi connectivity index (χ2v) is 8.68. The minimum absolute atomic E-state index is 0.342. The highest BCUT2D eigenvalue weighted by molar-refractivity contribution is 7.88. The molecule has 146 valence electrons. The third kappa shape index (κ3) is 7.72. The summed E-state index contributed by atoms with van der Waals surface area (Å²) in [6, 6.07) is 9.07. The smallest absolute Gasteiger partial charge is 0.208 e. The largest absolute Gasteiger partial charge is 0.355 e. The van der Waals surface area contributed by atoms with Crippen molar-refractivity contribution >= 4 is 16.0 Å². The predicted molar refractivity (Wildman–Crippen MR) is 107 cm³/mol. The summed E-state index contributed by atoms with van der Waals surface area (Å²) in [6.45, 7) is 6.08. The molecule has 0 spiro atoms. The zero-order chi connectivity index (χ0) is 19.0. The van der Waals surface area contributed by atoms with Crippen LogP contribution >= 0.6 is 0 Å². The average molecular weight is 382 g/mol. The maximum absolute atomic E-state index is 11.1. The van der Waals surface area contributed by atoms with E-state index in [-0.39, 0.29) is 0 Å². The van der Waals surface area contributed by atoms with E-state index in [9.17, 15) is 8.42 Å².